The summed E-state index contributed by atoms with van der Waals surface area (Å²) >= 11 is 0. The van der Waals surface area contributed by atoms with Crippen molar-refractivity contribution in [2.45, 2.75) is 65.5 Å². The molecule has 118 valence electrons. The standard InChI is InChI=1S/C19H32N2/c1-5-7-17-8-10-18(11-9-17)21-14-12-19(20-13-6-2)15(3)16(21)4/h8-11,15-16,19-20H,5-7,12-14H2,1-4H3. The molecule has 0 aromatic heterocycles. The molecule has 0 radical (unpaired) electrons. The van der Waals surface area contributed by atoms with Crippen LogP contribution in [-0.2, 0) is 6.42 Å². The lowest BCUT2D eigenvalue weighted by atomic mass is 9.86. The second-order valence-electron chi connectivity index (χ2n) is 6.56. The van der Waals surface area contributed by atoms with Gasteiger partial charge < -0.3 is 10.2 Å². The van der Waals surface area contributed by atoms with Crippen LogP contribution in [0.4, 0.5) is 5.69 Å². The Kier molecular flexibility index (Phi) is 6.10. The molecule has 1 heterocycles. The quantitative estimate of drug-likeness (QED) is 0.842. The van der Waals surface area contributed by atoms with Crippen LogP contribution in [0.5, 0.6) is 0 Å². The molecular weight excluding hydrogens is 256 g/mol. The van der Waals surface area contributed by atoms with Crippen molar-refractivity contribution >= 4 is 5.69 Å². The van der Waals surface area contributed by atoms with Gasteiger partial charge in [-0.2, -0.15) is 0 Å². The zero-order chi connectivity index (χ0) is 15.2. The molecule has 1 fully saturated rings. The van der Waals surface area contributed by atoms with E-state index >= 15 is 0 Å². The van der Waals surface area contributed by atoms with Gasteiger partial charge in [0.2, 0.25) is 0 Å². The summed E-state index contributed by atoms with van der Waals surface area (Å²) in [4.78, 5) is 2.59. The molecular formula is C19H32N2. The average Bonchev–Trinajstić information content (AvgIpc) is 2.50. The third-order valence-corrected chi connectivity index (χ3v) is 5.03. The minimum Gasteiger partial charge on any atom is -0.368 e. The Balaban J connectivity index is 2.01. The maximum absolute atomic E-state index is 3.72. The molecule has 1 saturated heterocycles. The average molecular weight is 288 g/mol. The minimum atomic E-state index is 0.602. The smallest absolute Gasteiger partial charge is 0.0368 e. The van der Waals surface area contributed by atoms with Crippen LogP contribution in [0.1, 0.15) is 52.5 Å². The molecule has 0 spiro atoms. The molecule has 3 unspecified atom stereocenters. The van der Waals surface area contributed by atoms with Gasteiger partial charge in [0.1, 0.15) is 0 Å². The van der Waals surface area contributed by atoms with E-state index in [1.165, 1.54) is 43.5 Å². The molecule has 2 heteroatoms. The van der Waals surface area contributed by atoms with E-state index in [0.717, 1.165) is 6.54 Å². The molecule has 0 bridgehead atoms. The van der Waals surface area contributed by atoms with E-state index in [4.69, 9.17) is 0 Å². The number of piperidine rings is 1. The molecule has 0 saturated carbocycles. The first-order chi connectivity index (χ1) is 10.2. The fourth-order valence-electron chi connectivity index (χ4n) is 3.49. The third-order valence-electron chi connectivity index (χ3n) is 5.03. The van der Waals surface area contributed by atoms with Crippen LogP contribution >= 0.6 is 0 Å². The van der Waals surface area contributed by atoms with Crippen molar-refractivity contribution < 1.29 is 0 Å². The van der Waals surface area contributed by atoms with Crippen LogP contribution in [0.3, 0.4) is 0 Å². The molecule has 3 atom stereocenters. The molecule has 0 aliphatic carbocycles. The van der Waals surface area contributed by atoms with Gasteiger partial charge in [0, 0.05) is 24.3 Å². The molecule has 0 amide bonds. The van der Waals surface area contributed by atoms with Crippen molar-refractivity contribution in [2.75, 3.05) is 18.0 Å². The third kappa shape index (κ3) is 4.00. The Morgan fingerprint density at radius 2 is 1.81 bits per heavy atom. The lowest BCUT2D eigenvalue weighted by Gasteiger charge is -2.44. The van der Waals surface area contributed by atoms with Gasteiger partial charge in [-0.05, 0) is 56.3 Å². The molecule has 2 rings (SSSR count). The van der Waals surface area contributed by atoms with Crippen LogP contribution in [0, 0.1) is 5.92 Å². The van der Waals surface area contributed by atoms with Gasteiger partial charge in [0.15, 0.2) is 0 Å². The monoisotopic (exact) mass is 288 g/mol. The number of rotatable bonds is 6. The fraction of sp³-hybridized carbons (Fsp3) is 0.684. The second kappa shape index (κ2) is 7.84. The highest BCUT2D eigenvalue weighted by atomic mass is 15.2. The van der Waals surface area contributed by atoms with Crippen molar-refractivity contribution in [3.63, 3.8) is 0 Å². The lowest BCUT2D eigenvalue weighted by Crippen LogP contribution is -2.53. The van der Waals surface area contributed by atoms with Crippen LogP contribution in [0.2, 0.25) is 0 Å². The predicted molar refractivity (Wildman–Crippen MR) is 93.1 cm³/mol. The molecule has 1 aliphatic heterocycles. The number of hydrogen-bond acceptors (Lipinski definition) is 2. The van der Waals surface area contributed by atoms with Crippen LogP contribution in [0.25, 0.3) is 0 Å². The van der Waals surface area contributed by atoms with E-state index < -0.39 is 0 Å². The first-order valence-corrected chi connectivity index (χ1v) is 8.76. The summed E-state index contributed by atoms with van der Waals surface area (Å²) in [5.41, 5.74) is 2.85. The zero-order valence-corrected chi connectivity index (χ0v) is 14.2. The summed E-state index contributed by atoms with van der Waals surface area (Å²) in [5, 5.41) is 3.72. The zero-order valence-electron chi connectivity index (χ0n) is 14.2. The van der Waals surface area contributed by atoms with E-state index in [1.54, 1.807) is 0 Å². The van der Waals surface area contributed by atoms with Gasteiger partial charge in [0.25, 0.3) is 0 Å². The van der Waals surface area contributed by atoms with Crippen molar-refractivity contribution in [1.82, 2.24) is 5.32 Å². The van der Waals surface area contributed by atoms with Crippen molar-refractivity contribution in [3.8, 4) is 0 Å². The Hall–Kier alpha value is -1.02. The fourth-order valence-corrected chi connectivity index (χ4v) is 3.49. The highest BCUT2D eigenvalue weighted by Crippen LogP contribution is 2.29. The maximum Gasteiger partial charge on any atom is 0.0368 e. The molecule has 1 aromatic rings. The molecule has 21 heavy (non-hydrogen) atoms. The van der Waals surface area contributed by atoms with E-state index in [2.05, 4.69) is 62.2 Å². The number of benzene rings is 1. The molecule has 1 aliphatic rings. The summed E-state index contributed by atoms with van der Waals surface area (Å²) in [6.07, 6.45) is 4.89. The van der Waals surface area contributed by atoms with Gasteiger partial charge in [-0.1, -0.05) is 39.3 Å². The Bertz CT molecular complexity index is 412. The van der Waals surface area contributed by atoms with Gasteiger partial charge in [0.05, 0.1) is 0 Å². The first-order valence-electron chi connectivity index (χ1n) is 8.76. The topological polar surface area (TPSA) is 15.3 Å². The van der Waals surface area contributed by atoms with Gasteiger partial charge in [-0.15, -0.1) is 0 Å². The van der Waals surface area contributed by atoms with Crippen LogP contribution in [0.15, 0.2) is 24.3 Å². The number of nitrogens with one attached hydrogen (secondary N) is 1. The normalized spacial score (nSPS) is 26.1. The largest absolute Gasteiger partial charge is 0.368 e. The maximum atomic E-state index is 3.72. The van der Waals surface area contributed by atoms with Gasteiger partial charge >= 0.3 is 0 Å². The highest BCUT2D eigenvalue weighted by molar-refractivity contribution is 5.49. The molecule has 1 N–H and O–H groups in total. The number of aryl methyl sites for hydroxylation is 1. The molecule has 2 nitrogen and oxygen atoms in total. The Morgan fingerprint density at radius 1 is 1.10 bits per heavy atom. The summed E-state index contributed by atoms with van der Waals surface area (Å²) in [6, 6.07) is 10.5. The lowest BCUT2D eigenvalue weighted by molar-refractivity contribution is 0.271. The van der Waals surface area contributed by atoms with E-state index in [0.29, 0.717) is 18.0 Å². The molecule has 1 aromatic carbocycles. The van der Waals surface area contributed by atoms with E-state index in [1.807, 2.05) is 0 Å². The Morgan fingerprint density at radius 3 is 2.43 bits per heavy atom. The van der Waals surface area contributed by atoms with Gasteiger partial charge in [-0.3, -0.25) is 0 Å². The number of hydrogen-bond donors (Lipinski definition) is 1. The summed E-state index contributed by atoms with van der Waals surface area (Å²) < 4.78 is 0. The van der Waals surface area contributed by atoms with Crippen molar-refractivity contribution in [3.05, 3.63) is 29.8 Å². The SMILES string of the molecule is CCCNC1CCN(c2ccc(CCC)cc2)C(C)C1C. The minimum absolute atomic E-state index is 0.602. The second-order valence-corrected chi connectivity index (χ2v) is 6.56. The highest BCUT2D eigenvalue weighted by Gasteiger charge is 2.31. The Labute approximate surface area is 130 Å². The number of nitrogens with zero attached hydrogens (tertiary/aromatic N) is 1. The predicted octanol–water partition coefficient (Wildman–Crippen LogP) is 4.24. The number of anilines is 1. The summed E-state index contributed by atoms with van der Waals surface area (Å²) in [5.74, 6) is 0.695. The summed E-state index contributed by atoms with van der Waals surface area (Å²) in [6.45, 7) is 11.6. The van der Waals surface area contributed by atoms with Crippen LogP contribution in [-0.4, -0.2) is 25.2 Å². The van der Waals surface area contributed by atoms with Crippen molar-refractivity contribution in [1.29, 1.82) is 0 Å². The van der Waals surface area contributed by atoms with E-state index in [9.17, 15) is 0 Å². The van der Waals surface area contributed by atoms with E-state index in [-0.39, 0.29) is 0 Å². The first kappa shape index (κ1) is 16.4. The van der Waals surface area contributed by atoms with Crippen LogP contribution < -0.4 is 10.2 Å². The van der Waals surface area contributed by atoms with Gasteiger partial charge in [-0.25, -0.2) is 0 Å². The van der Waals surface area contributed by atoms with Crippen molar-refractivity contribution in [2.24, 2.45) is 5.92 Å². The summed E-state index contributed by atoms with van der Waals surface area (Å²) in [7, 11) is 0.